The van der Waals surface area contributed by atoms with Gasteiger partial charge in [-0.3, -0.25) is 14.4 Å². The normalized spacial score (nSPS) is 25.8. The van der Waals surface area contributed by atoms with Gasteiger partial charge in [0.05, 0.1) is 16.2 Å². The van der Waals surface area contributed by atoms with E-state index in [2.05, 4.69) is 13.8 Å². The molecular weight excluding hydrogens is 1130 g/mol. The van der Waals surface area contributed by atoms with Gasteiger partial charge in [-0.1, -0.05) is 108 Å². The summed E-state index contributed by atoms with van der Waals surface area (Å²) in [6.07, 6.45) is 20.2. The van der Waals surface area contributed by atoms with Crippen LogP contribution in [0.25, 0.3) is 0 Å². The average molecular weight is 1260 g/mol. The molecule has 0 saturated heterocycles. The lowest BCUT2D eigenvalue weighted by atomic mass is 9.49. The quantitative estimate of drug-likeness (QED) is 0.0682. The van der Waals surface area contributed by atoms with Crippen molar-refractivity contribution in [3.8, 4) is 0 Å². The summed E-state index contributed by atoms with van der Waals surface area (Å²) in [6.45, 7) is 19.5. The molecule has 0 heterocycles. The van der Waals surface area contributed by atoms with Crippen LogP contribution in [0.3, 0.4) is 0 Å². The molecule has 0 amide bonds. The highest BCUT2D eigenvalue weighted by molar-refractivity contribution is 5.83. The van der Waals surface area contributed by atoms with Crippen LogP contribution in [0.4, 0.5) is 0 Å². The van der Waals surface area contributed by atoms with Crippen molar-refractivity contribution in [2.75, 3.05) is 39.6 Å². The van der Waals surface area contributed by atoms with E-state index in [1.807, 2.05) is 27.7 Å². The lowest BCUT2D eigenvalue weighted by Gasteiger charge is -2.60. The standard InChI is InChI=1S/C22H34O6.C21H32O6.C18H30O6.9CH4/c1-5-21(3,4)20(25)27-12-18(23)26-13-19(24)28-22(6-2)16-8-14-7-15(10-16)11-17(22)9-14;1-5-20(2,3)19(24)26-11-17(22)25-12-18(23)27-21(4)15-7-13-6-14(9-15)10-16(21)8-13;1-5-17(3,4)16(21)23-12-14(19)22-13-15(20)24-18(6-2)10-8-7-9-11-18;;;;;;;;;/h14-17H,5-13H2,1-4H3;13-16H,5-12H2,1-4H3;5-13H2,1-4H3;9*1H4. The number of ether oxygens (including phenoxy) is 9. The maximum absolute atomic E-state index is 12.4. The van der Waals surface area contributed by atoms with E-state index in [1.165, 1.54) is 12.8 Å². The predicted octanol–water partition coefficient (Wildman–Crippen LogP) is 15.8. The molecule has 520 valence electrons. The van der Waals surface area contributed by atoms with E-state index in [4.69, 9.17) is 42.6 Å². The van der Waals surface area contributed by atoms with E-state index in [0.29, 0.717) is 42.9 Å². The fourth-order valence-electron chi connectivity index (χ4n) is 13.5. The second-order valence-electron chi connectivity index (χ2n) is 26.0. The van der Waals surface area contributed by atoms with Crippen molar-refractivity contribution < 1.29 is 85.8 Å². The first-order chi connectivity index (χ1) is 37.1. The fourth-order valence-corrected chi connectivity index (χ4v) is 13.5. The molecule has 9 fully saturated rings. The first-order valence-corrected chi connectivity index (χ1v) is 29.7. The number of hydrogen-bond donors (Lipinski definition) is 0. The highest BCUT2D eigenvalue weighted by Crippen LogP contribution is 2.61. The molecular formula is C70H132O18. The molecule has 0 N–H and O–H groups in total. The lowest BCUT2D eigenvalue weighted by Crippen LogP contribution is -2.59. The van der Waals surface area contributed by atoms with Crippen LogP contribution in [0, 0.1) is 63.6 Å². The first kappa shape index (κ1) is 92.0. The van der Waals surface area contributed by atoms with Gasteiger partial charge in [0.25, 0.3) is 0 Å². The minimum absolute atomic E-state index is 0. The summed E-state index contributed by atoms with van der Waals surface area (Å²) < 4.78 is 47.0. The average Bonchev–Trinajstić information content (AvgIpc) is 2.74. The third-order valence-corrected chi connectivity index (χ3v) is 19.5. The van der Waals surface area contributed by atoms with Gasteiger partial charge in [0, 0.05) is 0 Å². The first-order valence-electron chi connectivity index (χ1n) is 29.7. The molecule has 0 aliphatic heterocycles. The van der Waals surface area contributed by atoms with E-state index in [9.17, 15) is 43.2 Å². The van der Waals surface area contributed by atoms with Gasteiger partial charge in [-0.05, 0) is 218 Å². The minimum Gasteiger partial charge on any atom is -0.457 e. The van der Waals surface area contributed by atoms with Gasteiger partial charge >= 0.3 is 53.7 Å². The Morgan fingerprint density at radius 2 is 0.614 bits per heavy atom. The van der Waals surface area contributed by atoms with E-state index < -0.39 is 126 Å². The van der Waals surface area contributed by atoms with Crippen LogP contribution < -0.4 is 0 Å². The van der Waals surface area contributed by atoms with E-state index in [1.54, 1.807) is 41.5 Å². The summed E-state index contributed by atoms with van der Waals surface area (Å²) in [7, 11) is 0. The Hall–Kier alpha value is -4.77. The van der Waals surface area contributed by atoms with Crippen LogP contribution in [-0.2, 0) is 85.8 Å². The smallest absolute Gasteiger partial charge is 0.344 e. The summed E-state index contributed by atoms with van der Waals surface area (Å²) in [5.74, 6) is -0.256. The molecule has 0 spiro atoms. The molecule has 18 nitrogen and oxygen atoms in total. The second-order valence-corrected chi connectivity index (χ2v) is 26.0. The summed E-state index contributed by atoms with van der Waals surface area (Å²) >= 11 is 0. The molecule has 9 aliphatic rings. The van der Waals surface area contributed by atoms with Gasteiger partial charge < -0.3 is 42.6 Å². The Labute approximate surface area is 535 Å². The zero-order valence-corrected chi connectivity index (χ0v) is 49.9. The zero-order chi connectivity index (χ0) is 58.6. The Balaban J connectivity index is -0.000000374. The number of carbonyl (C=O) groups is 9. The third kappa shape index (κ3) is 24.1. The maximum atomic E-state index is 12.4. The topological polar surface area (TPSA) is 237 Å². The Morgan fingerprint density at radius 1 is 0.341 bits per heavy atom. The summed E-state index contributed by atoms with van der Waals surface area (Å²) in [6, 6.07) is 0. The van der Waals surface area contributed by atoms with Crippen molar-refractivity contribution in [2.45, 2.75) is 295 Å². The molecule has 0 atom stereocenters. The molecule has 0 radical (unpaired) electrons. The van der Waals surface area contributed by atoms with Gasteiger partial charge in [0.1, 0.15) is 16.8 Å². The highest BCUT2D eigenvalue weighted by Gasteiger charge is 2.59. The number of rotatable bonds is 23. The zero-order valence-electron chi connectivity index (χ0n) is 49.9. The largest absolute Gasteiger partial charge is 0.457 e. The van der Waals surface area contributed by atoms with Crippen molar-refractivity contribution in [2.24, 2.45) is 63.6 Å². The van der Waals surface area contributed by atoms with Gasteiger partial charge in [-0.15, -0.1) is 0 Å². The van der Waals surface area contributed by atoms with Gasteiger partial charge in [-0.25, -0.2) is 28.8 Å². The minimum atomic E-state index is -0.749. The molecule has 8 bridgehead atoms. The van der Waals surface area contributed by atoms with Crippen LogP contribution in [-0.4, -0.2) is 110 Å². The van der Waals surface area contributed by atoms with Gasteiger partial charge in [-0.2, -0.15) is 0 Å². The number of hydrogen-bond acceptors (Lipinski definition) is 18. The van der Waals surface area contributed by atoms with Crippen LogP contribution >= 0.6 is 0 Å². The molecule has 0 aromatic rings. The van der Waals surface area contributed by atoms with Gasteiger partial charge in [0.15, 0.2) is 39.6 Å². The van der Waals surface area contributed by atoms with Crippen molar-refractivity contribution in [1.82, 2.24) is 0 Å². The summed E-state index contributed by atoms with van der Waals surface area (Å²) in [4.78, 5) is 107. The number of carbonyl (C=O) groups excluding carboxylic acids is 9. The SMILES string of the molecule is C.C.C.C.C.C.C.C.C.CCC(C)(C)C(=O)OCC(=O)OCC(=O)OC1(C)C2CC3CC(C2)CC1C3.CCC(C)(C)C(=O)OCC(=O)OCC(=O)OC1(CC)C2CC3CC(C2)CC1C3.CCC1(OC(=O)COC(=O)COC(=O)C(C)(C)CC)CCCCC1. The molecule has 9 aliphatic carbocycles. The van der Waals surface area contributed by atoms with E-state index >= 15 is 0 Å². The van der Waals surface area contributed by atoms with Crippen molar-refractivity contribution >= 4 is 53.7 Å². The maximum Gasteiger partial charge on any atom is 0.344 e. The van der Waals surface area contributed by atoms with Crippen molar-refractivity contribution in [3.05, 3.63) is 0 Å². The predicted molar refractivity (Wildman–Crippen MR) is 348 cm³/mol. The molecule has 18 heteroatoms. The highest BCUT2D eigenvalue weighted by atomic mass is 16.6. The summed E-state index contributed by atoms with van der Waals surface area (Å²) in [5, 5.41) is 0. The van der Waals surface area contributed by atoms with Gasteiger partial charge in [0.2, 0.25) is 0 Å². The van der Waals surface area contributed by atoms with Crippen LogP contribution in [0.1, 0.15) is 278 Å². The van der Waals surface area contributed by atoms with Crippen LogP contribution in [0.5, 0.6) is 0 Å². The molecule has 0 aromatic carbocycles. The van der Waals surface area contributed by atoms with Crippen molar-refractivity contribution in [3.63, 3.8) is 0 Å². The summed E-state index contributed by atoms with van der Waals surface area (Å²) in [5.41, 5.74) is -3.18. The molecule has 0 aromatic heterocycles. The number of esters is 9. The fraction of sp³-hybridized carbons (Fsp3) is 0.871. The second kappa shape index (κ2) is 39.5. The van der Waals surface area contributed by atoms with Crippen LogP contribution in [0.2, 0.25) is 0 Å². The van der Waals surface area contributed by atoms with Crippen molar-refractivity contribution in [1.29, 1.82) is 0 Å². The Kier molecular flexibility index (Phi) is 41.3. The molecule has 88 heavy (non-hydrogen) atoms. The van der Waals surface area contributed by atoms with Crippen LogP contribution in [0.15, 0.2) is 0 Å². The third-order valence-electron chi connectivity index (χ3n) is 19.5. The Bertz CT molecular complexity index is 2100. The monoisotopic (exact) mass is 1260 g/mol. The lowest BCUT2D eigenvalue weighted by molar-refractivity contribution is -0.214. The molecule has 0 unspecified atom stereocenters. The molecule has 9 saturated carbocycles. The van der Waals surface area contributed by atoms with E-state index in [-0.39, 0.29) is 66.8 Å². The van der Waals surface area contributed by atoms with E-state index in [0.717, 1.165) is 120 Å². The Morgan fingerprint density at radius 3 is 0.898 bits per heavy atom. The molecule has 9 rings (SSSR count).